The molecule has 0 aliphatic carbocycles. The molecule has 2 aromatic rings. The van der Waals surface area contributed by atoms with E-state index in [0.717, 1.165) is 11.3 Å². The van der Waals surface area contributed by atoms with Crippen molar-refractivity contribution in [1.29, 1.82) is 0 Å². The molecule has 0 radical (unpaired) electrons. The predicted molar refractivity (Wildman–Crippen MR) is 74.4 cm³/mol. The van der Waals surface area contributed by atoms with Crippen LogP contribution in [0.2, 0.25) is 0 Å². The van der Waals surface area contributed by atoms with Gasteiger partial charge in [-0.1, -0.05) is 12.1 Å². The zero-order valence-corrected chi connectivity index (χ0v) is 11.5. The summed E-state index contributed by atoms with van der Waals surface area (Å²) in [6.07, 6.45) is 0.716. The number of rotatable bonds is 5. The number of halogens is 1. The van der Waals surface area contributed by atoms with Gasteiger partial charge in [-0.25, -0.2) is 4.39 Å². The van der Waals surface area contributed by atoms with E-state index in [2.05, 4.69) is 0 Å². The van der Waals surface area contributed by atoms with Crippen LogP contribution in [-0.2, 0) is 17.2 Å². The van der Waals surface area contributed by atoms with Gasteiger partial charge in [0.05, 0.1) is 17.9 Å². The van der Waals surface area contributed by atoms with E-state index in [0.29, 0.717) is 17.1 Å². The van der Waals surface area contributed by atoms with Crippen molar-refractivity contribution in [1.82, 2.24) is 0 Å². The van der Waals surface area contributed by atoms with Gasteiger partial charge in [0, 0.05) is 10.6 Å². The van der Waals surface area contributed by atoms with Gasteiger partial charge in [0.2, 0.25) is 0 Å². The summed E-state index contributed by atoms with van der Waals surface area (Å²) in [7, 11) is 0.526. The van der Waals surface area contributed by atoms with Crippen molar-refractivity contribution in [2.75, 3.05) is 12.9 Å². The molecule has 0 N–H and O–H groups in total. The zero-order valence-electron chi connectivity index (χ0n) is 10.6. The maximum atomic E-state index is 12.8. The molecule has 0 bridgehead atoms. The molecule has 1 unspecified atom stereocenters. The molecule has 0 amide bonds. The Morgan fingerprint density at radius 2 is 1.68 bits per heavy atom. The number of hydrogen-bond donors (Lipinski definition) is 0. The Hall–Kier alpha value is -1.68. The third-order valence-corrected chi connectivity index (χ3v) is 4.18. The van der Waals surface area contributed by atoms with E-state index in [1.54, 1.807) is 19.2 Å². The maximum absolute atomic E-state index is 12.8. The van der Waals surface area contributed by atoms with Gasteiger partial charge >= 0.3 is 0 Å². The van der Waals surface area contributed by atoms with E-state index in [1.165, 1.54) is 12.1 Å². The van der Waals surface area contributed by atoms with Crippen LogP contribution in [0.1, 0.15) is 5.56 Å². The van der Waals surface area contributed by atoms with Gasteiger partial charge in [0.15, 0.2) is 0 Å². The summed E-state index contributed by atoms with van der Waals surface area (Å²) in [5, 5.41) is 0. The smallest absolute Gasteiger partial charge is 0.123 e. The first-order valence-corrected chi connectivity index (χ1v) is 7.28. The maximum Gasteiger partial charge on any atom is 0.123 e. The number of methoxy groups -OCH3 is 1. The van der Waals surface area contributed by atoms with Crippen LogP contribution in [0.3, 0.4) is 0 Å². The molecule has 2 aromatic carbocycles. The molecule has 2 rings (SSSR count). The fraction of sp³-hybridized carbons (Fsp3) is 0.200. The highest BCUT2D eigenvalue weighted by Crippen LogP contribution is 2.14. The molecular weight excluding hydrogens is 263 g/mol. The third-order valence-electron chi connectivity index (χ3n) is 2.81. The molecule has 0 heterocycles. The lowest BCUT2D eigenvalue weighted by Crippen LogP contribution is -2.01. The SMILES string of the molecule is COc1ccc(CCS(=O)c2ccc(F)cc2)cc1. The van der Waals surface area contributed by atoms with E-state index in [1.807, 2.05) is 24.3 Å². The van der Waals surface area contributed by atoms with Gasteiger partial charge in [-0.2, -0.15) is 0 Å². The van der Waals surface area contributed by atoms with E-state index in [4.69, 9.17) is 4.74 Å². The molecule has 4 heteroatoms. The van der Waals surface area contributed by atoms with E-state index < -0.39 is 10.8 Å². The standard InChI is InChI=1S/C15H15FO2S/c1-18-14-6-2-12(3-7-14)10-11-19(17)15-8-4-13(16)5-9-15/h2-9H,10-11H2,1H3. The molecule has 100 valence electrons. The monoisotopic (exact) mass is 278 g/mol. The van der Waals surface area contributed by atoms with Gasteiger partial charge in [-0.15, -0.1) is 0 Å². The van der Waals surface area contributed by atoms with Gasteiger partial charge in [-0.3, -0.25) is 4.21 Å². The highest BCUT2D eigenvalue weighted by Gasteiger charge is 2.04. The van der Waals surface area contributed by atoms with E-state index in [-0.39, 0.29) is 5.82 Å². The van der Waals surface area contributed by atoms with Gasteiger partial charge in [-0.05, 0) is 48.4 Å². The van der Waals surface area contributed by atoms with Crippen molar-refractivity contribution in [2.24, 2.45) is 0 Å². The molecule has 19 heavy (non-hydrogen) atoms. The topological polar surface area (TPSA) is 26.3 Å². The molecule has 2 nitrogen and oxygen atoms in total. The number of hydrogen-bond acceptors (Lipinski definition) is 2. The Bertz CT molecular complexity index is 549. The lowest BCUT2D eigenvalue weighted by Gasteiger charge is -2.04. The third kappa shape index (κ3) is 3.89. The Morgan fingerprint density at radius 3 is 2.26 bits per heavy atom. The Labute approximate surface area is 114 Å². The summed E-state index contributed by atoms with van der Waals surface area (Å²) in [4.78, 5) is 0.662. The summed E-state index contributed by atoms with van der Waals surface area (Å²) in [5.41, 5.74) is 1.11. The largest absolute Gasteiger partial charge is 0.497 e. The second-order valence-corrected chi connectivity index (χ2v) is 5.67. The summed E-state index contributed by atoms with van der Waals surface area (Å²) in [6.45, 7) is 0. The zero-order chi connectivity index (χ0) is 13.7. The molecule has 0 saturated heterocycles. The fourth-order valence-corrected chi connectivity index (χ4v) is 2.80. The molecule has 1 atom stereocenters. The highest BCUT2D eigenvalue weighted by molar-refractivity contribution is 7.85. The molecule has 0 aromatic heterocycles. The quantitative estimate of drug-likeness (QED) is 0.839. The van der Waals surface area contributed by atoms with Crippen molar-refractivity contribution < 1.29 is 13.3 Å². The average Bonchev–Trinajstić information content (AvgIpc) is 2.46. The van der Waals surface area contributed by atoms with Crippen LogP contribution >= 0.6 is 0 Å². The molecule has 0 fully saturated rings. The molecule has 0 aliphatic rings. The van der Waals surface area contributed by atoms with Crippen LogP contribution in [0.5, 0.6) is 5.75 Å². The highest BCUT2D eigenvalue weighted by atomic mass is 32.2. The van der Waals surface area contributed by atoms with Gasteiger partial charge < -0.3 is 4.74 Å². The second-order valence-electron chi connectivity index (χ2n) is 4.10. The van der Waals surface area contributed by atoms with Crippen molar-refractivity contribution in [3.63, 3.8) is 0 Å². The minimum Gasteiger partial charge on any atom is -0.497 e. The van der Waals surface area contributed by atoms with Crippen LogP contribution in [-0.4, -0.2) is 17.1 Å². The van der Waals surface area contributed by atoms with Crippen LogP contribution in [0, 0.1) is 5.82 Å². The van der Waals surface area contributed by atoms with Crippen LogP contribution in [0.25, 0.3) is 0 Å². The molecule has 0 aliphatic heterocycles. The van der Waals surface area contributed by atoms with Crippen molar-refractivity contribution in [2.45, 2.75) is 11.3 Å². The van der Waals surface area contributed by atoms with Crippen LogP contribution < -0.4 is 4.74 Å². The van der Waals surface area contributed by atoms with Crippen LogP contribution in [0.4, 0.5) is 4.39 Å². The first-order chi connectivity index (χ1) is 9.19. The number of benzene rings is 2. The minimum absolute atomic E-state index is 0.309. The fourth-order valence-electron chi connectivity index (χ4n) is 1.71. The lowest BCUT2D eigenvalue weighted by atomic mass is 10.2. The van der Waals surface area contributed by atoms with Gasteiger partial charge in [0.1, 0.15) is 11.6 Å². The summed E-state index contributed by atoms with van der Waals surface area (Å²) in [6, 6.07) is 13.5. The number of ether oxygens (including phenoxy) is 1. The summed E-state index contributed by atoms with van der Waals surface area (Å²) >= 11 is 0. The average molecular weight is 278 g/mol. The van der Waals surface area contributed by atoms with Crippen molar-refractivity contribution in [3.05, 3.63) is 59.9 Å². The minimum atomic E-state index is -1.10. The Morgan fingerprint density at radius 1 is 1.05 bits per heavy atom. The summed E-state index contributed by atoms with van der Waals surface area (Å²) < 4.78 is 29.9. The van der Waals surface area contributed by atoms with Crippen LogP contribution in [0.15, 0.2) is 53.4 Å². The second kappa shape index (κ2) is 6.48. The van der Waals surface area contributed by atoms with Crippen molar-refractivity contribution in [3.8, 4) is 5.75 Å². The normalized spacial score (nSPS) is 12.1. The molecular formula is C15H15FO2S. The van der Waals surface area contributed by atoms with Gasteiger partial charge in [0.25, 0.3) is 0 Å². The van der Waals surface area contributed by atoms with Crippen molar-refractivity contribution >= 4 is 10.8 Å². The molecule has 0 saturated carbocycles. The Balaban J connectivity index is 1.94. The first-order valence-electron chi connectivity index (χ1n) is 5.96. The lowest BCUT2D eigenvalue weighted by molar-refractivity contribution is 0.414. The first kappa shape index (κ1) is 13.7. The Kier molecular flexibility index (Phi) is 4.68. The van der Waals surface area contributed by atoms with E-state index >= 15 is 0 Å². The van der Waals surface area contributed by atoms with E-state index in [9.17, 15) is 8.60 Å². The summed E-state index contributed by atoms with van der Waals surface area (Å²) in [5.74, 6) is 1.03. The number of aryl methyl sites for hydroxylation is 1. The molecule has 0 spiro atoms. The predicted octanol–water partition coefficient (Wildman–Crippen LogP) is 3.18.